The highest BCUT2D eigenvalue weighted by atomic mass is 16.5. The Kier molecular flexibility index (Phi) is 7.50. The number of benzene rings is 2. The van der Waals surface area contributed by atoms with Crippen LogP contribution >= 0.6 is 0 Å². The van der Waals surface area contributed by atoms with Crippen LogP contribution in [0.1, 0.15) is 12.8 Å². The van der Waals surface area contributed by atoms with Gasteiger partial charge in [0.1, 0.15) is 11.5 Å². The van der Waals surface area contributed by atoms with Crippen molar-refractivity contribution in [1.82, 2.24) is 4.90 Å². The van der Waals surface area contributed by atoms with Gasteiger partial charge in [0.25, 0.3) is 0 Å². The molecular weight excluding hydrogens is 340 g/mol. The average Bonchev–Trinajstić information content (AvgIpc) is 2.69. The summed E-state index contributed by atoms with van der Waals surface area (Å²) in [5, 5.41) is 3.13. The summed E-state index contributed by atoms with van der Waals surface area (Å²) in [7, 11) is 0. The average molecular weight is 368 g/mol. The van der Waals surface area contributed by atoms with E-state index in [1.165, 1.54) is 0 Å². The summed E-state index contributed by atoms with van der Waals surface area (Å²) in [5.41, 5.74) is 6.86. The molecule has 0 spiro atoms. The van der Waals surface area contributed by atoms with Gasteiger partial charge in [0, 0.05) is 31.4 Å². The van der Waals surface area contributed by atoms with E-state index in [4.69, 9.17) is 15.2 Å². The van der Waals surface area contributed by atoms with Gasteiger partial charge in [-0.15, -0.1) is 0 Å². The highest BCUT2D eigenvalue weighted by Gasteiger charge is 2.08. The molecule has 0 radical (unpaired) electrons. The summed E-state index contributed by atoms with van der Waals surface area (Å²) in [6.07, 6.45) is 2.15. The Balaban J connectivity index is 1.41. The van der Waals surface area contributed by atoms with E-state index < -0.39 is 0 Å². The lowest BCUT2D eigenvalue weighted by Crippen LogP contribution is -2.36. The van der Waals surface area contributed by atoms with Crippen molar-refractivity contribution in [1.29, 1.82) is 0 Å². The predicted molar refractivity (Wildman–Crippen MR) is 110 cm³/mol. The first kappa shape index (κ1) is 19.2. The normalized spacial score (nSPS) is 15.5. The van der Waals surface area contributed by atoms with Crippen molar-refractivity contribution in [3.63, 3.8) is 0 Å². The molecule has 6 heteroatoms. The fourth-order valence-corrected chi connectivity index (χ4v) is 2.92. The summed E-state index contributed by atoms with van der Waals surface area (Å²) in [6, 6.07) is 17.4. The molecule has 144 valence electrons. The number of hydrogen-bond donors (Lipinski definition) is 2. The minimum Gasteiger partial charge on any atom is -0.457 e. The molecule has 2 aromatic rings. The molecule has 6 nitrogen and oxygen atoms in total. The summed E-state index contributed by atoms with van der Waals surface area (Å²) in [5.74, 6) is 1.99. The Morgan fingerprint density at radius 1 is 1.04 bits per heavy atom. The SMILES string of the molecule is NC(=NCCCCN1CCOCC1)Nc1cccc(Oc2ccccc2)c1. The monoisotopic (exact) mass is 368 g/mol. The zero-order chi connectivity index (χ0) is 18.7. The number of para-hydroxylation sites is 1. The van der Waals surface area contributed by atoms with Crippen LogP contribution in [0.15, 0.2) is 59.6 Å². The van der Waals surface area contributed by atoms with Gasteiger partial charge in [-0.3, -0.25) is 9.89 Å². The molecule has 1 fully saturated rings. The molecule has 0 bridgehead atoms. The number of anilines is 1. The van der Waals surface area contributed by atoms with E-state index in [9.17, 15) is 0 Å². The number of nitrogens with zero attached hydrogens (tertiary/aromatic N) is 2. The maximum absolute atomic E-state index is 6.00. The largest absolute Gasteiger partial charge is 0.457 e. The van der Waals surface area contributed by atoms with Crippen LogP contribution in [0.25, 0.3) is 0 Å². The summed E-state index contributed by atoms with van der Waals surface area (Å²) < 4.78 is 11.2. The molecule has 0 saturated carbocycles. The lowest BCUT2D eigenvalue weighted by molar-refractivity contribution is 0.0373. The Labute approximate surface area is 161 Å². The summed E-state index contributed by atoms with van der Waals surface area (Å²) >= 11 is 0. The van der Waals surface area contributed by atoms with Crippen LogP contribution in [0.4, 0.5) is 5.69 Å². The molecule has 0 unspecified atom stereocenters. The maximum Gasteiger partial charge on any atom is 0.193 e. The second-order valence-electron chi connectivity index (χ2n) is 6.50. The maximum atomic E-state index is 6.00. The second kappa shape index (κ2) is 10.5. The Bertz CT molecular complexity index is 715. The van der Waals surface area contributed by atoms with E-state index in [0.717, 1.165) is 69.4 Å². The number of ether oxygens (including phenoxy) is 2. The van der Waals surface area contributed by atoms with Gasteiger partial charge in [-0.05, 0) is 43.7 Å². The highest BCUT2D eigenvalue weighted by molar-refractivity contribution is 5.92. The van der Waals surface area contributed by atoms with Crippen molar-refractivity contribution in [2.75, 3.05) is 44.7 Å². The molecule has 1 aliphatic rings. The van der Waals surface area contributed by atoms with E-state index in [1.807, 2.05) is 54.6 Å². The third-order valence-corrected chi connectivity index (χ3v) is 4.35. The first-order valence-electron chi connectivity index (χ1n) is 9.49. The topological polar surface area (TPSA) is 72.1 Å². The van der Waals surface area contributed by atoms with Crippen LogP contribution in [0.3, 0.4) is 0 Å². The van der Waals surface area contributed by atoms with Crippen molar-refractivity contribution >= 4 is 11.6 Å². The molecular formula is C21H28N4O2. The van der Waals surface area contributed by atoms with Gasteiger partial charge in [-0.1, -0.05) is 24.3 Å². The van der Waals surface area contributed by atoms with E-state index in [2.05, 4.69) is 15.2 Å². The number of guanidine groups is 1. The summed E-state index contributed by atoms with van der Waals surface area (Å²) in [6.45, 7) is 5.60. The zero-order valence-corrected chi connectivity index (χ0v) is 15.6. The number of hydrogen-bond acceptors (Lipinski definition) is 4. The number of aliphatic imine (C=N–C) groups is 1. The fraction of sp³-hybridized carbons (Fsp3) is 0.381. The van der Waals surface area contributed by atoms with Crippen LogP contribution in [-0.2, 0) is 4.74 Å². The third kappa shape index (κ3) is 6.92. The van der Waals surface area contributed by atoms with Gasteiger partial charge in [0.15, 0.2) is 5.96 Å². The van der Waals surface area contributed by atoms with Crippen molar-refractivity contribution in [3.05, 3.63) is 54.6 Å². The minimum atomic E-state index is 0.429. The molecule has 0 aliphatic carbocycles. The zero-order valence-electron chi connectivity index (χ0n) is 15.6. The third-order valence-electron chi connectivity index (χ3n) is 4.35. The first-order chi connectivity index (χ1) is 13.3. The lowest BCUT2D eigenvalue weighted by Gasteiger charge is -2.26. The number of unbranched alkanes of at least 4 members (excludes halogenated alkanes) is 1. The van der Waals surface area contributed by atoms with Crippen LogP contribution in [0, 0.1) is 0 Å². The van der Waals surface area contributed by atoms with E-state index in [-0.39, 0.29) is 0 Å². The van der Waals surface area contributed by atoms with Crippen LogP contribution in [-0.4, -0.2) is 50.3 Å². The molecule has 2 aromatic carbocycles. The molecule has 0 atom stereocenters. The fourth-order valence-electron chi connectivity index (χ4n) is 2.92. The number of morpholine rings is 1. The molecule has 3 N–H and O–H groups in total. The minimum absolute atomic E-state index is 0.429. The van der Waals surface area contributed by atoms with Crippen LogP contribution < -0.4 is 15.8 Å². The van der Waals surface area contributed by atoms with Gasteiger partial charge in [0.05, 0.1) is 13.2 Å². The number of rotatable bonds is 8. The first-order valence-corrected chi connectivity index (χ1v) is 9.49. The molecule has 3 rings (SSSR count). The highest BCUT2D eigenvalue weighted by Crippen LogP contribution is 2.23. The van der Waals surface area contributed by atoms with Crippen molar-refractivity contribution in [3.8, 4) is 11.5 Å². The van der Waals surface area contributed by atoms with Crippen LogP contribution in [0.2, 0.25) is 0 Å². The molecule has 1 heterocycles. The van der Waals surface area contributed by atoms with Gasteiger partial charge >= 0.3 is 0 Å². The van der Waals surface area contributed by atoms with Gasteiger partial charge in [0.2, 0.25) is 0 Å². The Morgan fingerprint density at radius 2 is 1.81 bits per heavy atom. The summed E-state index contributed by atoms with van der Waals surface area (Å²) in [4.78, 5) is 6.85. The van der Waals surface area contributed by atoms with Gasteiger partial charge < -0.3 is 20.5 Å². The van der Waals surface area contributed by atoms with Crippen molar-refractivity contribution in [2.45, 2.75) is 12.8 Å². The Hall–Kier alpha value is -2.57. The van der Waals surface area contributed by atoms with Crippen LogP contribution in [0.5, 0.6) is 11.5 Å². The standard InChI is InChI=1S/C21H28N4O2/c22-21(23-11-4-5-12-25-13-15-26-16-14-25)24-18-7-6-10-20(17-18)27-19-8-2-1-3-9-19/h1-3,6-10,17H,4-5,11-16H2,(H3,22,23,24). The molecule has 1 aliphatic heterocycles. The molecule has 0 aromatic heterocycles. The smallest absolute Gasteiger partial charge is 0.193 e. The van der Waals surface area contributed by atoms with Crippen molar-refractivity contribution in [2.24, 2.45) is 10.7 Å². The molecule has 0 amide bonds. The van der Waals surface area contributed by atoms with Gasteiger partial charge in [-0.2, -0.15) is 0 Å². The van der Waals surface area contributed by atoms with Crippen molar-refractivity contribution < 1.29 is 9.47 Å². The second-order valence-corrected chi connectivity index (χ2v) is 6.50. The quantitative estimate of drug-likeness (QED) is 0.425. The van der Waals surface area contributed by atoms with E-state index >= 15 is 0 Å². The lowest BCUT2D eigenvalue weighted by atomic mass is 10.3. The Morgan fingerprint density at radius 3 is 2.63 bits per heavy atom. The molecule has 27 heavy (non-hydrogen) atoms. The predicted octanol–water partition coefficient (Wildman–Crippen LogP) is 3.32. The van der Waals surface area contributed by atoms with E-state index in [0.29, 0.717) is 5.96 Å². The van der Waals surface area contributed by atoms with Gasteiger partial charge in [-0.25, -0.2) is 0 Å². The van der Waals surface area contributed by atoms with E-state index in [1.54, 1.807) is 0 Å². The number of nitrogens with one attached hydrogen (secondary N) is 1. The molecule has 1 saturated heterocycles. The number of nitrogens with two attached hydrogens (primary N) is 1.